The van der Waals surface area contributed by atoms with Gasteiger partial charge in [-0.3, -0.25) is 9.59 Å². The van der Waals surface area contributed by atoms with Crippen LogP contribution >= 0.6 is 0 Å². The fourth-order valence-electron chi connectivity index (χ4n) is 5.68. The molecule has 0 aliphatic carbocycles. The van der Waals surface area contributed by atoms with Gasteiger partial charge < -0.3 is 28.4 Å². The van der Waals surface area contributed by atoms with Crippen LogP contribution < -0.4 is 18.9 Å². The molecule has 0 amide bonds. The maximum absolute atomic E-state index is 13.0. The number of benzene rings is 4. The summed E-state index contributed by atoms with van der Waals surface area (Å²) in [6.07, 6.45) is 3.40. The van der Waals surface area contributed by atoms with Crippen molar-refractivity contribution in [1.29, 1.82) is 0 Å². The van der Waals surface area contributed by atoms with Crippen molar-refractivity contribution in [3.63, 3.8) is 0 Å². The van der Waals surface area contributed by atoms with E-state index in [0.29, 0.717) is 35.0 Å². The smallest absolute Gasteiger partial charge is 0.333 e. The summed E-state index contributed by atoms with van der Waals surface area (Å²) in [6.45, 7) is 13.3. The van der Waals surface area contributed by atoms with Gasteiger partial charge in [0.05, 0.1) is 33.2 Å². The van der Waals surface area contributed by atoms with Crippen LogP contribution in [-0.2, 0) is 23.9 Å². The lowest BCUT2D eigenvalue weighted by atomic mass is 9.88. The summed E-state index contributed by atoms with van der Waals surface area (Å²) in [4.78, 5) is 37.0. The minimum absolute atomic E-state index is 0.105. The van der Waals surface area contributed by atoms with Crippen molar-refractivity contribution in [2.75, 3.05) is 21.3 Å². The number of esters is 3. The van der Waals surface area contributed by atoms with Gasteiger partial charge in [0.2, 0.25) is 0 Å². The molecular weight excluding hydrogens is 648 g/mol. The van der Waals surface area contributed by atoms with Gasteiger partial charge in [-0.1, -0.05) is 87.5 Å². The van der Waals surface area contributed by atoms with Crippen LogP contribution in [0.25, 0.3) is 10.8 Å². The van der Waals surface area contributed by atoms with Crippen molar-refractivity contribution in [2.45, 2.75) is 65.4 Å². The zero-order valence-corrected chi connectivity index (χ0v) is 30.5. The SMILES string of the molecule is C=C(C/C=C(\C)OC)C(=O)OC(C)C.CCC.COc1ccc(C2C(=O)Oc3c2ccc2c4c(ccc32)C(c2ccccc2)C(=O)O4)cc1OC. The number of carbonyl (C=O) groups excluding carboxylic acids is 3. The summed E-state index contributed by atoms with van der Waals surface area (Å²) in [6, 6.07) is 22.5. The number of methoxy groups -OCH3 is 3. The highest BCUT2D eigenvalue weighted by atomic mass is 16.6. The first-order valence-electron chi connectivity index (χ1n) is 16.9. The Morgan fingerprint density at radius 1 is 0.784 bits per heavy atom. The van der Waals surface area contributed by atoms with Crippen LogP contribution in [-0.4, -0.2) is 45.3 Å². The lowest BCUT2D eigenvalue weighted by Gasteiger charge is -2.13. The van der Waals surface area contributed by atoms with Crippen molar-refractivity contribution in [2.24, 2.45) is 0 Å². The first-order chi connectivity index (χ1) is 24.5. The zero-order chi connectivity index (χ0) is 37.2. The van der Waals surface area contributed by atoms with Crippen LogP contribution in [0.5, 0.6) is 23.0 Å². The summed E-state index contributed by atoms with van der Waals surface area (Å²) in [5, 5.41) is 1.47. The molecule has 0 spiro atoms. The Morgan fingerprint density at radius 3 is 1.80 bits per heavy atom. The molecule has 4 aromatic carbocycles. The van der Waals surface area contributed by atoms with E-state index in [0.717, 1.165) is 38.8 Å². The zero-order valence-electron chi connectivity index (χ0n) is 30.5. The topological polar surface area (TPSA) is 107 Å². The Balaban J connectivity index is 0.000000290. The molecule has 0 N–H and O–H groups in total. The number of rotatable bonds is 9. The normalized spacial score (nSPS) is 15.7. The maximum atomic E-state index is 13.0. The molecule has 0 fully saturated rings. The second kappa shape index (κ2) is 17.4. The third-order valence-corrected chi connectivity index (χ3v) is 8.12. The molecule has 2 aliphatic heterocycles. The molecule has 2 atom stereocenters. The standard InChI is InChI=1S/C28H20O6.C11H18O3.C3H8/c1-31-21-13-8-16(14-22(21)32-2)24-20-12-10-17-18(26(20)34-28(24)30)9-11-19-23(27(29)33-25(17)19)15-6-4-3-5-7-15;1-8(2)14-11(12)9(3)6-7-10(4)13-5;1-3-2/h3-14,23-24H,1-2H3;7-8H,3,6H2,1-2,4-5H3;3H2,1-2H3/b;10-7+;. The minimum Gasteiger partial charge on any atom is -0.502 e. The first kappa shape index (κ1) is 38.2. The van der Waals surface area contributed by atoms with Gasteiger partial charge in [0, 0.05) is 33.9 Å². The Labute approximate surface area is 299 Å². The summed E-state index contributed by atoms with van der Waals surface area (Å²) in [5.74, 6) is 0.810. The van der Waals surface area contributed by atoms with Crippen LogP contribution in [0.2, 0.25) is 0 Å². The molecule has 0 bridgehead atoms. The molecule has 268 valence electrons. The average Bonchev–Trinajstić information content (AvgIpc) is 3.66. The molecule has 2 heterocycles. The largest absolute Gasteiger partial charge is 0.502 e. The maximum Gasteiger partial charge on any atom is 0.333 e. The molecule has 4 aromatic rings. The molecule has 0 radical (unpaired) electrons. The molecule has 0 aromatic heterocycles. The summed E-state index contributed by atoms with van der Waals surface area (Å²) in [5.41, 5.74) is 3.64. The van der Waals surface area contributed by atoms with Crippen molar-refractivity contribution in [3.8, 4) is 23.0 Å². The minimum atomic E-state index is -0.591. The number of fused-ring (bicyclic) bond motifs is 5. The van der Waals surface area contributed by atoms with Gasteiger partial charge in [-0.05, 0) is 50.1 Å². The number of carbonyl (C=O) groups is 3. The Kier molecular flexibility index (Phi) is 13.0. The molecule has 2 unspecified atom stereocenters. The molecule has 0 saturated carbocycles. The molecular formula is C42H46O9. The third-order valence-electron chi connectivity index (χ3n) is 8.12. The summed E-state index contributed by atoms with van der Waals surface area (Å²) >= 11 is 0. The lowest BCUT2D eigenvalue weighted by Crippen LogP contribution is -2.12. The molecule has 9 heteroatoms. The Hall–Kier alpha value is -5.57. The molecule has 51 heavy (non-hydrogen) atoms. The van der Waals surface area contributed by atoms with Gasteiger partial charge in [0.15, 0.2) is 11.5 Å². The summed E-state index contributed by atoms with van der Waals surface area (Å²) in [7, 11) is 4.71. The van der Waals surface area contributed by atoms with Crippen LogP contribution in [0.1, 0.15) is 81.5 Å². The number of hydrogen-bond acceptors (Lipinski definition) is 9. The molecule has 0 saturated heterocycles. The van der Waals surface area contributed by atoms with Crippen molar-refractivity contribution >= 4 is 28.7 Å². The van der Waals surface area contributed by atoms with Crippen LogP contribution in [0.4, 0.5) is 0 Å². The van der Waals surface area contributed by atoms with E-state index in [-0.39, 0.29) is 24.0 Å². The highest BCUT2D eigenvalue weighted by Crippen LogP contribution is 2.50. The second-order valence-corrected chi connectivity index (χ2v) is 12.3. The lowest BCUT2D eigenvalue weighted by molar-refractivity contribution is -0.142. The highest BCUT2D eigenvalue weighted by Gasteiger charge is 2.39. The first-order valence-corrected chi connectivity index (χ1v) is 16.9. The van der Waals surface area contributed by atoms with Gasteiger partial charge >= 0.3 is 17.9 Å². The van der Waals surface area contributed by atoms with Gasteiger partial charge in [0.1, 0.15) is 23.3 Å². The van der Waals surface area contributed by atoms with E-state index >= 15 is 0 Å². The molecule has 6 rings (SSSR count). The van der Waals surface area contributed by atoms with Gasteiger partial charge in [-0.2, -0.15) is 0 Å². The van der Waals surface area contributed by atoms with E-state index < -0.39 is 11.8 Å². The van der Waals surface area contributed by atoms with E-state index in [2.05, 4.69) is 20.4 Å². The van der Waals surface area contributed by atoms with E-state index in [9.17, 15) is 14.4 Å². The second-order valence-electron chi connectivity index (χ2n) is 12.3. The van der Waals surface area contributed by atoms with E-state index in [1.54, 1.807) is 53.4 Å². The quantitative estimate of drug-likeness (QED) is 0.0735. The molecule has 9 nitrogen and oxygen atoms in total. The van der Waals surface area contributed by atoms with Gasteiger partial charge in [-0.15, -0.1) is 0 Å². The van der Waals surface area contributed by atoms with Crippen LogP contribution in [0, 0.1) is 0 Å². The van der Waals surface area contributed by atoms with E-state index in [1.807, 2.05) is 67.6 Å². The number of hydrogen-bond donors (Lipinski definition) is 0. The number of allylic oxidation sites excluding steroid dienone is 2. The Morgan fingerprint density at radius 2 is 1.31 bits per heavy atom. The van der Waals surface area contributed by atoms with Crippen LogP contribution in [0.3, 0.4) is 0 Å². The van der Waals surface area contributed by atoms with Crippen molar-refractivity contribution in [3.05, 3.63) is 119 Å². The fraction of sp³-hybridized carbons (Fsp3) is 0.310. The predicted molar refractivity (Wildman–Crippen MR) is 197 cm³/mol. The van der Waals surface area contributed by atoms with Crippen molar-refractivity contribution < 1.29 is 42.8 Å². The van der Waals surface area contributed by atoms with E-state index in [1.165, 1.54) is 6.42 Å². The number of ether oxygens (including phenoxy) is 6. The summed E-state index contributed by atoms with van der Waals surface area (Å²) < 4.78 is 32.1. The van der Waals surface area contributed by atoms with Gasteiger partial charge in [-0.25, -0.2) is 4.79 Å². The average molecular weight is 695 g/mol. The highest BCUT2D eigenvalue weighted by molar-refractivity contribution is 6.05. The van der Waals surface area contributed by atoms with E-state index in [4.69, 9.17) is 28.4 Å². The Bertz CT molecular complexity index is 1920. The van der Waals surface area contributed by atoms with Crippen LogP contribution in [0.15, 0.2) is 96.8 Å². The third kappa shape index (κ3) is 8.60. The van der Waals surface area contributed by atoms with Gasteiger partial charge in [0.25, 0.3) is 0 Å². The predicted octanol–water partition coefficient (Wildman–Crippen LogP) is 8.81. The molecule has 2 aliphatic rings. The fourth-order valence-corrected chi connectivity index (χ4v) is 5.68. The monoisotopic (exact) mass is 694 g/mol. The van der Waals surface area contributed by atoms with Crippen molar-refractivity contribution in [1.82, 2.24) is 0 Å².